The minimum absolute atomic E-state index is 0.0350. The van der Waals surface area contributed by atoms with E-state index in [1.165, 1.54) is 12.1 Å². The fourth-order valence-electron chi connectivity index (χ4n) is 2.08. The predicted molar refractivity (Wildman–Crippen MR) is 74.2 cm³/mol. The molecule has 1 atom stereocenters. The number of hydrogen-bond acceptors (Lipinski definition) is 2. The van der Waals surface area contributed by atoms with Crippen LogP contribution < -0.4 is 5.32 Å². The highest BCUT2D eigenvalue weighted by atomic mass is 19.1. The number of rotatable bonds is 6. The van der Waals surface area contributed by atoms with E-state index in [1.807, 2.05) is 30.3 Å². The maximum absolute atomic E-state index is 13.1. The van der Waals surface area contributed by atoms with E-state index in [1.54, 1.807) is 0 Å². The summed E-state index contributed by atoms with van der Waals surface area (Å²) in [6.45, 7) is 0.277. The first-order chi connectivity index (χ1) is 9.67. The molecule has 2 aromatic carbocycles. The van der Waals surface area contributed by atoms with Crippen LogP contribution in [0.15, 0.2) is 48.5 Å². The molecule has 2 N–H and O–H groups in total. The van der Waals surface area contributed by atoms with Gasteiger partial charge < -0.3 is 10.4 Å². The molecule has 0 heterocycles. The van der Waals surface area contributed by atoms with Crippen molar-refractivity contribution in [2.75, 3.05) is 6.61 Å². The lowest BCUT2D eigenvalue weighted by Crippen LogP contribution is -2.34. The van der Waals surface area contributed by atoms with Gasteiger partial charge in [0.05, 0.1) is 6.61 Å². The minimum atomic E-state index is -0.592. The van der Waals surface area contributed by atoms with Gasteiger partial charge in [-0.3, -0.25) is 0 Å². The lowest BCUT2D eigenvalue weighted by Gasteiger charge is -2.16. The number of aliphatic hydroxyl groups is 1. The molecule has 0 amide bonds. The van der Waals surface area contributed by atoms with E-state index in [0.29, 0.717) is 18.5 Å². The van der Waals surface area contributed by atoms with Crippen LogP contribution in [0, 0.1) is 11.6 Å². The Morgan fingerprint density at radius 2 is 1.60 bits per heavy atom. The van der Waals surface area contributed by atoms with Gasteiger partial charge in [0.25, 0.3) is 0 Å². The molecule has 1 unspecified atom stereocenters. The quantitative estimate of drug-likeness (QED) is 0.851. The van der Waals surface area contributed by atoms with E-state index in [-0.39, 0.29) is 12.6 Å². The van der Waals surface area contributed by atoms with Crippen molar-refractivity contribution in [2.24, 2.45) is 0 Å². The summed E-state index contributed by atoms with van der Waals surface area (Å²) in [6, 6.07) is 13.0. The van der Waals surface area contributed by atoms with Crippen molar-refractivity contribution in [3.63, 3.8) is 0 Å². The zero-order valence-corrected chi connectivity index (χ0v) is 11.0. The summed E-state index contributed by atoms with van der Waals surface area (Å²) in [7, 11) is 0. The third-order valence-electron chi connectivity index (χ3n) is 3.06. The molecular weight excluding hydrogens is 260 g/mol. The first-order valence-corrected chi connectivity index (χ1v) is 6.50. The molecule has 0 aliphatic rings. The molecule has 0 radical (unpaired) electrons. The third-order valence-corrected chi connectivity index (χ3v) is 3.06. The zero-order chi connectivity index (χ0) is 14.4. The summed E-state index contributed by atoms with van der Waals surface area (Å²) in [4.78, 5) is 0. The Bertz CT molecular complexity index is 525. The van der Waals surface area contributed by atoms with Gasteiger partial charge in [-0.15, -0.1) is 0 Å². The second-order valence-corrected chi connectivity index (χ2v) is 4.73. The number of halogens is 2. The van der Waals surface area contributed by atoms with Crippen molar-refractivity contribution in [3.8, 4) is 0 Å². The Morgan fingerprint density at radius 1 is 0.950 bits per heavy atom. The fraction of sp³-hybridized carbons (Fsp3) is 0.250. The number of aliphatic hydroxyl groups excluding tert-OH is 1. The summed E-state index contributed by atoms with van der Waals surface area (Å²) in [5.41, 5.74) is 1.62. The molecule has 2 nitrogen and oxygen atoms in total. The molecule has 0 aliphatic heterocycles. The van der Waals surface area contributed by atoms with Crippen LogP contribution in [0.3, 0.4) is 0 Å². The summed E-state index contributed by atoms with van der Waals surface area (Å²) >= 11 is 0. The van der Waals surface area contributed by atoms with Crippen molar-refractivity contribution >= 4 is 0 Å². The highest BCUT2D eigenvalue weighted by Gasteiger charge is 2.08. The summed E-state index contributed by atoms with van der Waals surface area (Å²) in [5.74, 6) is -1.18. The smallest absolute Gasteiger partial charge is 0.126 e. The maximum atomic E-state index is 13.1. The van der Waals surface area contributed by atoms with E-state index < -0.39 is 11.6 Å². The molecule has 0 aliphatic carbocycles. The van der Waals surface area contributed by atoms with Gasteiger partial charge in [-0.1, -0.05) is 30.3 Å². The number of hydrogen-bond donors (Lipinski definition) is 2. The van der Waals surface area contributed by atoms with E-state index in [9.17, 15) is 13.9 Å². The molecule has 0 saturated carbocycles. The average molecular weight is 277 g/mol. The first-order valence-electron chi connectivity index (χ1n) is 6.50. The van der Waals surface area contributed by atoms with Crippen molar-refractivity contribution in [1.82, 2.24) is 5.32 Å². The van der Waals surface area contributed by atoms with Gasteiger partial charge in [0, 0.05) is 18.7 Å². The van der Waals surface area contributed by atoms with Gasteiger partial charge in [0.2, 0.25) is 0 Å². The lowest BCUT2D eigenvalue weighted by atomic mass is 10.1. The highest BCUT2D eigenvalue weighted by molar-refractivity contribution is 5.18. The van der Waals surface area contributed by atoms with Crippen molar-refractivity contribution in [1.29, 1.82) is 0 Å². The molecule has 2 aromatic rings. The molecular formula is C16H17F2NO. The monoisotopic (exact) mass is 277 g/mol. The molecule has 20 heavy (non-hydrogen) atoms. The van der Waals surface area contributed by atoms with Crippen molar-refractivity contribution < 1.29 is 13.9 Å². The van der Waals surface area contributed by atoms with Crippen LogP contribution in [-0.4, -0.2) is 17.8 Å². The molecule has 4 heteroatoms. The minimum Gasteiger partial charge on any atom is -0.395 e. The number of nitrogens with one attached hydrogen (secondary N) is 1. The summed E-state index contributed by atoms with van der Waals surface area (Å²) in [6.07, 6.45) is 0.662. The maximum Gasteiger partial charge on any atom is 0.126 e. The largest absolute Gasteiger partial charge is 0.395 e. The van der Waals surface area contributed by atoms with Crippen LogP contribution in [-0.2, 0) is 13.0 Å². The first kappa shape index (κ1) is 14.6. The van der Waals surface area contributed by atoms with Crippen LogP contribution in [0.25, 0.3) is 0 Å². The van der Waals surface area contributed by atoms with Gasteiger partial charge in [0.15, 0.2) is 0 Å². The molecule has 0 bridgehead atoms. The SMILES string of the molecule is OCC(Cc1ccccc1)NCc1cc(F)cc(F)c1. The molecule has 0 saturated heterocycles. The Labute approximate surface area is 117 Å². The van der Waals surface area contributed by atoms with Crippen LogP contribution in [0.2, 0.25) is 0 Å². The van der Waals surface area contributed by atoms with Crippen molar-refractivity contribution in [2.45, 2.75) is 19.0 Å². The molecule has 106 valence electrons. The number of benzene rings is 2. The summed E-state index contributed by atoms with van der Waals surface area (Å²) in [5, 5.41) is 12.5. The van der Waals surface area contributed by atoms with Gasteiger partial charge in [0.1, 0.15) is 11.6 Å². The third kappa shape index (κ3) is 4.40. The fourth-order valence-corrected chi connectivity index (χ4v) is 2.08. The second kappa shape index (κ2) is 7.12. The van der Waals surface area contributed by atoms with Crippen LogP contribution in [0.4, 0.5) is 8.78 Å². The van der Waals surface area contributed by atoms with Crippen molar-refractivity contribution in [3.05, 3.63) is 71.3 Å². The average Bonchev–Trinajstić information content (AvgIpc) is 2.43. The van der Waals surface area contributed by atoms with Crippen LogP contribution in [0.1, 0.15) is 11.1 Å². The molecule has 0 aromatic heterocycles. The lowest BCUT2D eigenvalue weighted by molar-refractivity contribution is 0.240. The Balaban J connectivity index is 1.93. The van der Waals surface area contributed by atoms with Crippen LogP contribution >= 0.6 is 0 Å². The Hall–Kier alpha value is -1.78. The Morgan fingerprint density at radius 3 is 2.20 bits per heavy atom. The van der Waals surface area contributed by atoms with E-state index in [2.05, 4.69) is 5.32 Å². The predicted octanol–water partition coefficient (Wildman–Crippen LogP) is 2.66. The van der Waals surface area contributed by atoms with Crippen LogP contribution in [0.5, 0.6) is 0 Å². The van der Waals surface area contributed by atoms with E-state index >= 15 is 0 Å². The zero-order valence-electron chi connectivity index (χ0n) is 11.0. The van der Waals surface area contributed by atoms with E-state index in [0.717, 1.165) is 11.6 Å². The normalized spacial score (nSPS) is 12.3. The van der Waals surface area contributed by atoms with Gasteiger partial charge in [-0.25, -0.2) is 8.78 Å². The van der Waals surface area contributed by atoms with Gasteiger partial charge in [-0.2, -0.15) is 0 Å². The highest BCUT2D eigenvalue weighted by Crippen LogP contribution is 2.09. The molecule has 0 spiro atoms. The van der Waals surface area contributed by atoms with E-state index in [4.69, 9.17) is 0 Å². The standard InChI is InChI=1S/C16H17F2NO/c17-14-6-13(7-15(18)9-14)10-19-16(11-20)8-12-4-2-1-3-5-12/h1-7,9,16,19-20H,8,10-11H2. The molecule has 0 fully saturated rings. The Kier molecular flexibility index (Phi) is 5.21. The topological polar surface area (TPSA) is 32.3 Å². The second-order valence-electron chi connectivity index (χ2n) is 4.73. The summed E-state index contributed by atoms with van der Waals surface area (Å²) < 4.78 is 26.1. The van der Waals surface area contributed by atoms with Gasteiger partial charge >= 0.3 is 0 Å². The molecule has 2 rings (SSSR count). The van der Waals surface area contributed by atoms with Gasteiger partial charge in [-0.05, 0) is 29.7 Å².